The van der Waals surface area contributed by atoms with Crippen LogP contribution in [-0.4, -0.2) is 17.0 Å². The third kappa shape index (κ3) is 3.22. The molecule has 3 aromatic rings. The van der Waals surface area contributed by atoms with Gasteiger partial charge in [0.15, 0.2) is 0 Å². The average Bonchev–Trinajstić information content (AvgIpc) is 2.90. The molecule has 0 aliphatic carbocycles. The Morgan fingerprint density at radius 2 is 1.91 bits per heavy atom. The van der Waals surface area contributed by atoms with Gasteiger partial charge in [0.25, 0.3) is 5.91 Å². The fourth-order valence-corrected chi connectivity index (χ4v) is 2.74. The van der Waals surface area contributed by atoms with Crippen LogP contribution >= 0.6 is 15.9 Å². The van der Waals surface area contributed by atoms with Crippen LogP contribution < -0.4 is 5.32 Å². The quantitative estimate of drug-likeness (QED) is 0.755. The average molecular weight is 357 g/mol. The lowest BCUT2D eigenvalue weighted by Crippen LogP contribution is -2.25. The molecule has 112 valence electrons. The third-order valence-corrected chi connectivity index (χ3v) is 4.29. The highest BCUT2D eigenvalue weighted by Crippen LogP contribution is 2.16. The molecule has 4 heteroatoms. The van der Waals surface area contributed by atoms with Crippen LogP contribution in [0.4, 0.5) is 0 Å². The van der Waals surface area contributed by atoms with Crippen LogP contribution in [0.3, 0.4) is 0 Å². The Morgan fingerprint density at radius 3 is 2.68 bits per heavy atom. The summed E-state index contributed by atoms with van der Waals surface area (Å²) in [6, 6.07) is 16.0. The van der Waals surface area contributed by atoms with Crippen LogP contribution in [0.2, 0.25) is 0 Å². The topological polar surface area (TPSA) is 34.0 Å². The molecule has 22 heavy (non-hydrogen) atoms. The van der Waals surface area contributed by atoms with Crippen LogP contribution in [0.1, 0.15) is 15.9 Å². The van der Waals surface area contributed by atoms with Gasteiger partial charge in [0, 0.05) is 35.3 Å². The Hall–Kier alpha value is -2.07. The Bertz CT molecular complexity index is 806. The van der Waals surface area contributed by atoms with Crippen molar-refractivity contribution in [3.8, 4) is 0 Å². The summed E-state index contributed by atoms with van der Waals surface area (Å²) >= 11 is 3.42. The Labute approximate surface area is 138 Å². The lowest BCUT2D eigenvalue weighted by atomic mass is 10.1. The highest BCUT2D eigenvalue weighted by Gasteiger charge is 2.07. The molecule has 0 spiro atoms. The first kappa shape index (κ1) is 14.9. The Balaban J connectivity index is 1.63. The molecule has 0 atom stereocenters. The Kier molecular flexibility index (Phi) is 4.29. The predicted octanol–water partition coefficient (Wildman–Crippen LogP) is 3.91. The molecule has 0 radical (unpaired) electrons. The molecule has 1 heterocycles. The summed E-state index contributed by atoms with van der Waals surface area (Å²) < 4.78 is 3.09. The molecule has 2 aromatic carbocycles. The second-order valence-corrected chi connectivity index (χ2v) is 6.25. The summed E-state index contributed by atoms with van der Waals surface area (Å²) in [7, 11) is 1.98. The molecule has 0 unspecified atom stereocenters. The van der Waals surface area contributed by atoms with Crippen molar-refractivity contribution in [1.82, 2.24) is 9.88 Å². The van der Waals surface area contributed by atoms with Crippen LogP contribution in [0.25, 0.3) is 10.9 Å². The van der Waals surface area contributed by atoms with Crippen molar-refractivity contribution in [2.45, 2.75) is 6.42 Å². The van der Waals surface area contributed by atoms with Crippen LogP contribution in [-0.2, 0) is 13.5 Å². The van der Waals surface area contributed by atoms with E-state index in [9.17, 15) is 4.79 Å². The first-order chi connectivity index (χ1) is 10.6. The second-order valence-electron chi connectivity index (χ2n) is 5.33. The van der Waals surface area contributed by atoms with E-state index in [4.69, 9.17) is 0 Å². The van der Waals surface area contributed by atoms with Crippen LogP contribution in [0.5, 0.6) is 0 Å². The van der Waals surface area contributed by atoms with Gasteiger partial charge in [0.2, 0.25) is 0 Å². The number of hydrogen-bond acceptors (Lipinski definition) is 1. The molecule has 0 bridgehead atoms. The molecule has 3 rings (SSSR count). The summed E-state index contributed by atoms with van der Waals surface area (Å²) in [5.74, 6) is -0.0276. The van der Waals surface area contributed by atoms with Crippen molar-refractivity contribution in [2.24, 2.45) is 7.05 Å². The van der Waals surface area contributed by atoms with E-state index in [1.165, 1.54) is 5.56 Å². The zero-order valence-corrected chi connectivity index (χ0v) is 13.9. The van der Waals surface area contributed by atoms with Crippen molar-refractivity contribution in [1.29, 1.82) is 0 Å². The van der Waals surface area contributed by atoms with Gasteiger partial charge in [-0.2, -0.15) is 0 Å². The van der Waals surface area contributed by atoms with E-state index < -0.39 is 0 Å². The molecule has 0 fully saturated rings. The van der Waals surface area contributed by atoms with E-state index >= 15 is 0 Å². The van der Waals surface area contributed by atoms with Crippen LogP contribution in [0, 0.1) is 0 Å². The zero-order chi connectivity index (χ0) is 15.5. The van der Waals surface area contributed by atoms with Gasteiger partial charge in [-0.3, -0.25) is 4.79 Å². The minimum Gasteiger partial charge on any atom is -0.352 e. The van der Waals surface area contributed by atoms with Gasteiger partial charge < -0.3 is 9.88 Å². The van der Waals surface area contributed by atoms with Crippen molar-refractivity contribution in [3.63, 3.8) is 0 Å². The normalized spacial score (nSPS) is 10.8. The number of halogens is 1. The highest BCUT2D eigenvalue weighted by atomic mass is 79.9. The van der Waals surface area contributed by atoms with E-state index in [2.05, 4.69) is 33.4 Å². The molecular formula is C18H17BrN2O. The van der Waals surface area contributed by atoms with E-state index in [1.54, 1.807) is 0 Å². The predicted molar refractivity (Wildman–Crippen MR) is 93.1 cm³/mol. The molecule has 1 aromatic heterocycles. The maximum absolute atomic E-state index is 12.2. The largest absolute Gasteiger partial charge is 0.352 e. The number of carbonyl (C=O) groups excluding carboxylic acids is 1. The number of benzene rings is 2. The smallest absolute Gasteiger partial charge is 0.251 e. The second kappa shape index (κ2) is 6.36. The highest BCUT2D eigenvalue weighted by molar-refractivity contribution is 9.10. The first-order valence-electron chi connectivity index (χ1n) is 7.21. The molecule has 1 amide bonds. The number of aromatic nitrogens is 1. The number of rotatable bonds is 4. The van der Waals surface area contributed by atoms with Gasteiger partial charge in [-0.1, -0.05) is 34.1 Å². The van der Waals surface area contributed by atoms with Crippen LogP contribution in [0.15, 0.2) is 59.2 Å². The molecule has 1 N–H and O–H groups in total. The van der Waals surface area contributed by atoms with Crippen molar-refractivity contribution in [3.05, 3.63) is 70.3 Å². The lowest BCUT2D eigenvalue weighted by molar-refractivity contribution is 0.0954. The maximum Gasteiger partial charge on any atom is 0.251 e. The van der Waals surface area contributed by atoms with E-state index in [0.717, 1.165) is 21.8 Å². The van der Waals surface area contributed by atoms with Gasteiger partial charge >= 0.3 is 0 Å². The van der Waals surface area contributed by atoms with Gasteiger partial charge in [-0.15, -0.1) is 0 Å². The maximum atomic E-state index is 12.2. The van der Waals surface area contributed by atoms with Crippen molar-refractivity contribution in [2.75, 3.05) is 6.54 Å². The molecule has 0 saturated heterocycles. The fourth-order valence-electron chi connectivity index (χ4n) is 2.48. The van der Waals surface area contributed by atoms with E-state index in [1.807, 2.05) is 54.2 Å². The van der Waals surface area contributed by atoms with E-state index in [-0.39, 0.29) is 5.91 Å². The number of carbonyl (C=O) groups is 1. The van der Waals surface area contributed by atoms with Gasteiger partial charge in [0.05, 0.1) is 0 Å². The van der Waals surface area contributed by atoms with Crippen molar-refractivity contribution >= 4 is 32.7 Å². The van der Waals surface area contributed by atoms with Gasteiger partial charge in [0.1, 0.15) is 0 Å². The Morgan fingerprint density at radius 1 is 1.14 bits per heavy atom. The summed E-state index contributed by atoms with van der Waals surface area (Å²) in [4.78, 5) is 12.2. The zero-order valence-electron chi connectivity index (χ0n) is 12.3. The number of amides is 1. The third-order valence-electron chi connectivity index (χ3n) is 3.76. The summed E-state index contributed by atoms with van der Waals surface area (Å²) in [6.07, 6.45) is 2.82. The summed E-state index contributed by atoms with van der Waals surface area (Å²) in [6.45, 7) is 0.631. The minimum absolute atomic E-state index is 0.0276. The summed E-state index contributed by atoms with van der Waals surface area (Å²) in [5.41, 5.74) is 2.98. The molecule has 0 saturated carbocycles. The standard InChI is InChI=1S/C18H17BrN2O/c1-21-11-9-14-4-5-15(12-17(14)21)18(22)20-10-8-13-2-6-16(19)7-3-13/h2-7,9,11-12H,8,10H2,1H3,(H,20,22). The molecule has 0 aliphatic heterocycles. The number of aryl methyl sites for hydroxylation is 1. The van der Waals surface area contributed by atoms with Gasteiger partial charge in [-0.25, -0.2) is 0 Å². The minimum atomic E-state index is -0.0276. The fraction of sp³-hybridized carbons (Fsp3) is 0.167. The number of nitrogens with zero attached hydrogens (tertiary/aromatic N) is 1. The number of fused-ring (bicyclic) bond motifs is 1. The SMILES string of the molecule is Cn1ccc2ccc(C(=O)NCCc3ccc(Br)cc3)cc21. The number of hydrogen-bond donors (Lipinski definition) is 1. The number of nitrogens with one attached hydrogen (secondary N) is 1. The van der Waals surface area contributed by atoms with Crippen molar-refractivity contribution < 1.29 is 4.79 Å². The molecule has 3 nitrogen and oxygen atoms in total. The monoisotopic (exact) mass is 356 g/mol. The van der Waals surface area contributed by atoms with E-state index in [0.29, 0.717) is 12.1 Å². The van der Waals surface area contributed by atoms with Gasteiger partial charge in [-0.05, 0) is 47.7 Å². The summed E-state index contributed by atoms with van der Waals surface area (Å²) in [5, 5.41) is 4.13. The lowest BCUT2D eigenvalue weighted by Gasteiger charge is -2.06. The molecular weight excluding hydrogens is 340 g/mol. The first-order valence-corrected chi connectivity index (χ1v) is 8.00. The molecule has 0 aliphatic rings.